The number of fused-ring (bicyclic) bond motifs is 1. The molecule has 0 aromatic carbocycles. The first kappa shape index (κ1) is 17.2. The lowest BCUT2D eigenvalue weighted by Gasteiger charge is -2.42. The molecular weight excluding hydrogens is 302 g/mol. The van der Waals surface area contributed by atoms with Crippen LogP contribution < -0.4 is 5.32 Å². The quantitative estimate of drug-likeness (QED) is 0.843. The molecule has 3 heterocycles. The van der Waals surface area contributed by atoms with Crippen molar-refractivity contribution in [1.29, 1.82) is 0 Å². The Bertz CT molecular complexity index is 603. The Morgan fingerprint density at radius 2 is 2.21 bits per heavy atom. The monoisotopic (exact) mass is 331 g/mol. The number of hydrogen-bond donors (Lipinski definition) is 1. The molecule has 2 aliphatic heterocycles. The topological polar surface area (TPSA) is 54.5 Å². The lowest BCUT2D eigenvalue weighted by atomic mass is 9.73. The molecule has 1 saturated carbocycles. The highest BCUT2D eigenvalue weighted by molar-refractivity contribution is 5.70. The van der Waals surface area contributed by atoms with Gasteiger partial charge in [-0.2, -0.15) is 0 Å². The lowest BCUT2D eigenvalue weighted by molar-refractivity contribution is 0.00719. The average molecular weight is 331 g/mol. The maximum absolute atomic E-state index is 12.5. The van der Waals surface area contributed by atoms with Crippen LogP contribution in [0.3, 0.4) is 0 Å². The summed E-state index contributed by atoms with van der Waals surface area (Å²) >= 11 is 0. The van der Waals surface area contributed by atoms with Gasteiger partial charge in [-0.1, -0.05) is 0 Å². The fourth-order valence-electron chi connectivity index (χ4n) is 3.97. The van der Waals surface area contributed by atoms with Gasteiger partial charge in [-0.15, -0.1) is 0 Å². The Morgan fingerprint density at radius 3 is 2.88 bits per heavy atom. The van der Waals surface area contributed by atoms with Gasteiger partial charge in [-0.25, -0.2) is 4.79 Å². The smallest absolute Gasteiger partial charge is 0.410 e. The second-order valence-electron chi connectivity index (χ2n) is 8.32. The molecule has 2 saturated heterocycles. The molecule has 1 aromatic heterocycles. The van der Waals surface area contributed by atoms with Crippen molar-refractivity contribution in [2.45, 2.75) is 58.1 Å². The molecule has 1 aromatic rings. The minimum Gasteiger partial charge on any atom is -0.444 e. The van der Waals surface area contributed by atoms with E-state index in [1.165, 1.54) is 11.1 Å². The summed E-state index contributed by atoms with van der Waals surface area (Å²) in [4.78, 5) is 18.6. The number of nitrogens with one attached hydrogen (secondary N) is 1. The molecule has 3 fully saturated rings. The van der Waals surface area contributed by atoms with Crippen LogP contribution in [0.2, 0.25) is 0 Å². The van der Waals surface area contributed by atoms with Gasteiger partial charge in [0.25, 0.3) is 0 Å². The number of aromatic nitrogens is 1. The molecule has 0 unspecified atom stereocenters. The first-order valence-corrected chi connectivity index (χ1v) is 8.90. The average Bonchev–Trinajstić information content (AvgIpc) is 2.99. The minimum absolute atomic E-state index is 0.0275. The third kappa shape index (κ3) is 3.56. The first-order valence-electron chi connectivity index (χ1n) is 8.90. The normalized spacial score (nSPS) is 25.5. The van der Waals surface area contributed by atoms with Crippen molar-refractivity contribution in [3.8, 4) is 0 Å². The van der Waals surface area contributed by atoms with E-state index in [2.05, 4.69) is 23.3 Å². The molecule has 1 amide bonds. The largest absolute Gasteiger partial charge is 0.444 e. The number of amides is 1. The van der Waals surface area contributed by atoms with Gasteiger partial charge in [0.15, 0.2) is 0 Å². The van der Waals surface area contributed by atoms with Crippen molar-refractivity contribution < 1.29 is 9.53 Å². The Labute approximate surface area is 144 Å². The van der Waals surface area contributed by atoms with Crippen molar-refractivity contribution in [2.75, 3.05) is 19.6 Å². The number of rotatable bonds is 5. The second-order valence-corrected chi connectivity index (χ2v) is 8.32. The summed E-state index contributed by atoms with van der Waals surface area (Å²) in [7, 11) is 0. The van der Waals surface area contributed by atoms with E-state index in [4.69, 9.17) is 4.74 Å². The molecule has 132 valence electrons. The van der Waals surface area contributed by atoms with E-state index in [0.717, 1.165) is 38.9 Å². The molecule has 0 spiro atoms. The molecule has 4 rings (SSSR count). The number of ether oxygens (including phenoxy) is 1. The highest BCUT2D eigenvalue weighted by atomic mass is 16.6. The van der Waals surface area contributed by atoms with E-state index < -0.39 is 5.60 Å². The molecule has 2 bridgehead atoms. The minimum atomic E-state index is -0.433. The second kappa shape index (κ2) is 6.36. The zero-order valence-electron chi connectivity index (χ0n) is 15.3. The van der Waals surface area contributed by atoms with Crippen LogP contribution in [0.25, 0.3) is 0 Å². The summed E-state index contributed by atoms with van der Waals surface area (Å²) in [6.07, 6.45) is 6.79. The van der Waals surface area contributed by atoms with Crippen molar-refractivity contribution in [1.82, 2.24) is 15.2 Å². The van der Waals surface area contributed by atoms with Crippen LogP contribution >= 0.6 is 0 Å². The summed E-state index contributed by atoms with van der Waals surface area (Å²) in [5.41, 5.74) is 2.10. The number of nitrogens with zero attached hydrogens (tertiary/aromatic N) is 2. The van der Waals surface area contributed by atoms with Crippen molar-refractivity contribution in [3.63, 3.8) is 0 Å². The third-order valence-corrected chi connectivity index (χ3v) is 5.13. The summed E-state index contributed by atoms with van der Waals surface area (Å²) in [6.45, 7) is 10.5. The van der Waals surface area contributed by atoms with Crippen LogP contribution in [0.4, 0.5) is 4.79 Å². The summed E-state index contributed by atoms with van der Waals surface area (Å²) in [6, 6.07) is 2.08. The molecule has 24 heavy (non-hydrogen) atoms. The highest BCUT2D eigenvalue weighted by Gasteiger charge is 2.58. The number of carbonyl (C=O) groups excluding carboxylic acids is 1. The highest BCUT2D eigenvalue weighted by Crippen LogP contribution is 2.50. The van der Waals surface area contributed by atoms with E-state index in [9.17, 15) is 4.79 Å². The van der Waals surface area contributed by atoms with Crippen molar-refractivity contribution in [2.24, 2.45) is 5.92 Å². The first-order chi connectivity index (χ1) is 11.3. The zero-order chi connectivity index (χ0) is 17.4. The zero-order valence-corrected chi connectivity index (χ0v) is 15.3. The Hall–Kier alpha value is -1.62. The van der Waals surface area contributed by atoms with Gasteiger partial charge < -0.3 is 15.0 Å². The molecule has 3 aliphatic rings. The molecule has 1 aliphatic carbocycles. The van der Waals surface area contributed by atoms with Gasteiger partial charge in [0.05, 0.1) is 5.54 Å². The lowest BCUT2D eigenvalue weighted by Crippen LogP contribution is -2.55. The van der Waals surface area contributed by atoms with Crippen LogP contribution in [0, 0.1) is 12.8 Å². The molecule has 5 heteroatoms. The maximum atomic E-state index is 12.5. The summed E-state index contributed by atoms with van der Waals surface area (Å²) < 4.78 is 5.59. The molecule has 0 atom stereocenters. The van der Waals surface area contributed by atoms with Gasteiger partial charge in [0.2, 0.25) is 0 Å². The van der Waals surface area contributed by atoms with Crippen molar-refractivity contribution >= 4 is 6.09 Å². The standard InChI is InChI=1S/C19H29N3O2/c1-14-11-20-7-5-16(14)6-8-21-13-19-9-15(10-19)12-22(19)17(23)24-18(2,3)4/h5,7,11,15,21H,6,8-10,12-13H2,1-4H3. The summed E-state index contributed by atoms with van der Waals surface area (Å²) in [5, 5.41) is 3.56. The van der Waals surface area contributed by atoms with Gasteiger partial charge in [-0.05, 0) is 76.6 Å². The number of pyridine rings is 1. The van der Waals surface area contributed by atoms with Gasteiger partial charge in [0.1, 0.15) is 5.60 Å². The Morgan fingerprint density at radius 1 is 1.46 bits per heavy atom. The molecule has 5 nitrogen and oxygen atoms in total. The molecule has 1 N–H and O–H groups in total. The Kier molecular flexibility index (Phi) is 4.56. The fourth-order valence-corrected chi connectivity index (χ4v) is 3.97. The van der Waals surface area contributed by atoms with Crippen molar-refractivity contribution in [3.05, 3.63) is 29.6 Å². The number of carbonyl (C=O) groups is 1. The van der Waals surface area contributed by atoms with E-state index in [0.29, 0.717) is 5.92 Å². The molecular formula is C19H29N3O2. The number of aryl methyl sites for hydroxylation is 1. The molecule has 0 radical (unpaired) electrons. The van der Waals surface area contributed by atoms with E-state index in [1.807, 2.05) is 38.1 Å². The fraction of sp³-hybridized carbons (Fsp3) is 0.684. The maximum Gasteiger partial charge on any atom is 0.410 e. The predicted molar refractivity (Wildman–Crippen MR) is 93.9 cm³/mol. The number of hydrogen-bond acceptors (Lipinski definition) is 4. The van der Waals surface area contributed by atoms with E-state index in [1.54, 1.807) is 0 Å². The van der Waals surface area contributed by atoms with Crippen LogP contribution in [-0.2, 0) is 11.2 Å². The van der Waals surface area contributed by atoms with Crippen LogP contribution in [0.1, 0.15) is 44.7 Å². The van der Waals surface area contributed by atoms with Crippen LogP contribution in [0.15, 0.2) is 18.5 Å². The van der Waals surface area contributed by atoms with Crippen LogP contribution in [-0.4, -0.2) is 46.8 Å². The predicted octanol–water partition coefficient (Wildman–Crippen LogP) is 2.92. The third-order valence-electron chi connectivity index (χ3n) is 5.13. The van der Waals surface area contributed by atoms with E-state index >= 15 is 0 Å². The SMILES string of the molecule is Cc1cnccc1CCNCC12CC(CN1C(=O)OC(C)(C)C)C2. The summed E-state index contributed by atoms with van der Waals surface area (Å²) in [5.74, 6) is 0.654. The van der Waals surface area contributed by atoms with Crippen LogP contribution in [0.5, 0.6) is 0 Å². The van der Waals surface area contributed by atoms with E-state index in [-0.39, 0.29) is 11.6 Å². The Balaban J connectivity index is 1.51. The van der Waals surface area contributed by atoms with Gasteiger partial charge in [-0.3, -0.25) is 4.98 Å². The van der Waals surface area contributed by atoms with Gasteiger partial charge >= 0.3 is 6.09 Å². The van der Waals surface area contributed by atoms with Gasteiger partial charge in [0, 0.05) is 25.5 Å².